The molecule has 0 heterocycles. The van der Waals surface area contributed by atoms with Gasteiger partial charge in [-0.1, -0.05) is 20.3 Å². The summed E-state index contributed by atoms with van der Waals surface area (Å²) < 4.78 is 5.12. The highest BCUT2D eigenvalue weighted by molar-refractivity contribution is 5.78. The predicted octanol–water partition coefficient (Wildman–Crippen LogP) is 1.70. The van der Waals surface area contributed by atoms with Crippen molar-refractivity contribution in [3.63, 3.8) is 0 Å². The van der Waals surface area contributed by atoms with Crippen molar-refractivity contribution in [2.75, 3.05) is 20.3 Å². The highest BCUT2D eigenvalue weighted by Gasteiger charge is 2.18. The normalized spacial score (nSPS) is 13.5. The molecule has 0 aliphatic heterocycles. The van der Waals surface area contributed by atoms with E-state index < -0.39 is 0 Å². The molecular weight excluding hydrogens is 216 g/mol. The van der Waals surface area contributed by atoms with Crippen LogP contribution in [0.3, 0.4) is 0 Å². The molecule has 4 nitrogen and oxygen atoms in total. The first-order valence-electron chi connectivity index (χ1n) is 6.48. The fraction of sp³-hybridized carbons (Fsp3) is 0.923. The fourth-order valence-electron chi connectivity index (χ4n) is 1.54. The van der Waals surface area contributed by atoms with E-state index >= 15 is 0 Å². The smallest absolute Gasteiger partial charge is 0.234 e. The van der Waals surface area contributed by atoms with Gasteiger partial charge in [0, 0.05) is 18.7 Å². The average Bonchev–Trinajstić information content (AvgIpc) is 2.26. The molecule has 4 heteroatoms. The molecule has 2 N–H and O–H groups in total. The number of rotatable bonds is 9. The third-order valence-corrected chi connectivity index (χ3v) is 2.92. The molecule has 0 aromatic heterocycles. The van der Waals surface area contributed by atoms with E-state index in [9.17, 15) is 4.79 Å². The first-order valence-corrected chi connectivity index (χ1v) is 6.48. The summed E-state index contributed by atoms with van der Waals surface area (Å²) in [6.07, 6.45) is 3.04. The molecule has 0 radical (unpaired) electrons. The van der Waals surface area contributed by atoms with Crippen LogP contribution in [0.1, 0.15) is 47.0 Å². The monoisotopic (exact) mass is 244 g/mol. The van der Waals surface area contributed by atoms with Gasteiger partial charge in [0.15, 0.2) is 0 Å². The van der Waals surface area contributed by atoms with Crippen molar-refractivity contribution in [3.8, 4) is 0 Å². The number of methoxy groups -OCH3 is 1. The van der Waals surface area contributed by atoms with Crippen LogP contribution in [0.2, 0.25) is 0 Å². The Morgan fingerprint density at radius 2 is 2.00 bits per heavy atom. The number of hydrogen-bond acceptors (Lipinski definition) is 3. The summed E-state index contributed by atoms with van der Waals surface area (Å²) in [6.45, 7) is 9.27. The molecule has 17 heavy (non-hydrogen) atoms. The third-order valence-electron chi connectivity index (χ3n) is 2.92. The van der Waals surface area contributed by atoms with E-state index in [-0.39, 0.29) is 17.5 Å². The lowest BCUT2D eigenvalue weighted by atomic mass is 10.0. The van der Waals surface area contributed by atoms with Gasteiger partial charge in [-0.05, 0) is 26.7 Å². The Morgan fingerprint density at radius 1 is 1.35 bits per heavy atom. The van der Waals surface area contributed by atoms with Crippen molar-refractivity contribution in [2.45, 2.75) is 58.5 Å². The van der Waals surface area contributed by atoms with Gasteiger partial charge in [0.25, 0.3) is 0 Å². The molecule has 1 unspecified atom stereocenters. The number of hydrogen-bond donors (Lipinski definition) is 2. The zero-order chi connectivity index (χ0) is 13.3. The van der Waals surface area contributed by atoms with Crippen molar-refractivity contribution < 1.29 is 9.53 Å². The largest absolute Gasteiger partial charge is 0.383 e. The Balaban J connectivity index is 3.95. The van der Waals surface area contributed by atoms with Gasteiger partial charge in [-0.15, -0.1) is 0 Å². The molecule has 0 aromatic carbocycles. The summed E-state index contributed by atoms with van der Waals surface area (Å²) in [5.74, 6) is 0.0501. The van der Waals surface area contributed by atoms with E-state index in [1.54, 1.807) is 7.11 Å². The summed E-state index contributed by atoms with van der Waals surface area (Å²) in [7, 11) is 1.69. The molecule has 0 saturated heterocycles. The van der Waals surface area contributed by atoms with Gasteiger partial charge in [0.05, 0.1) is 13.2 Å². The van der Waals surface area contributed by atoms with Crippen LogP contribution < -0.4 is 10.6 Å². The van der Waals surface area contributed by atoms with E-state index in [2.05, 4.69) is 24.5 Å². The second-order valence-corrected chi connectivity index (χ2v) is 5.11. The molecule has 102 valence electrons. The number of nitrogens with one attached hydrogen (secondary N) is 2. The minimum Gasteiger partial charge on any atom is -0.383 e. The number of carbonyl (C=O) groups is 1. The predicted molar refractivity (Wildman–Crippen MR) is 71.1 cm³/mol. The molecule has 0 rings (SSSR count). The van der Waals surface area contributed by atoms with Crippen molar-refractivity contribution in [1.29, 1.82) is 0 Å². The maximum Gasteiger partial charge on any atom is 0.234 e. The zero-order valence-corrected chi connectivity index (χ0v) is 11.9. The second kappa shape index (κ2) is 8.48. The molecular formula is C13H28N2O2. The third kappa shape index (κ3) is 8.16. The standard InChI is InChI=1S/C13H28N2O2/c1-6-8-11(10-17-5)14-9-12(16)15-13(3,4)7-2/h11,14H,6-10H2,1-5H3,(H,15,16). The van der Waals surface area contributed by atoms with Gasteiger partial charge >= 0.3 is 0 Å². The average molecular weight is 244 g/mol. The van der Waals surface area contributed by atoms with Crippen LogP contribution in [0.15, 0.2) is 0 Å². The zero-order valence-electron chi connectivity index (χ0n) is 11.9. The molecule has 0 aliphatic rings. The minimum atomic E-state index is -0.125. The van der Waals surface area contributed by atoms with Crippen LogP contribution >= 0.6 is 0 Å². The SMILES string of the molecule is CCCC(COC)NCC(=O)NC(C)(C)CC. The Labute approximate surface area is 105 Å². The quantitative estimate of drug-likeness (QED) is 0.649. The molecule has 1 amide bonds. The van der Waals surface area contributed by atoms with E-state index in [0.29, 0.717) is 13.2 Å². The van der Waals surface area contributed by atoms with E-state index in [1.807, 2.05) is 13.8 Å². The highest BCUT2D eigenvalue weighted by atomic mass is 16.5. The topological polar surface area (TPSA) is 50.4 Å². The molecule has 0 saturated carbocycles. The van der Waals surface area contributed by atoms with Crippen molar-refractivity contribution in [2.24, 2.45) is 0 Å². The summed E-state index contributed by atoms with van der Waals surface area (Å²) in [6, 6.07) is 0.264. The first kappa shape index (κ1) is 16.4. The molecule has 1 atom stereocenters. The molecule has 0 fully saturated rings. The van der Waals surface area contributed by atoms with Gasteiger partial charge in [-0.2, -0.15) is 0 Å². The summed E-state index contributed by atoms with van der Waals surface area (Å²) in [4.78, 5) is 11.7. The molecule has 0 aliphatic carbocycles. The van der Waals surface area contributed by atoms with E-state index in [1.165, 1.54) is 0 Å². The minimum absolute atomic E-state index is 0.0501. The van der Waals surface area contributed by atoms with Gasteiger partial charge in [0.2, 0.25) is 5.91 Å². The van der Waals surface area contributed by atoms with Crippen LogP contribution in [0, 0.1) is 0 Å². The summed E-state index contributed by atoms with van der Waals surface area (Å²) >= 11 is 0. The maximum atomic E-state index is 11.7. The summed E-state index contributed by atoms with van der Waals surface area (Å²) in [5.41, 5.74) is -0.125. The fourth-order valence-corrected chi connectivity index (χ4v) is 1.54. The van der Waals surface area contributed by atoms with Crippen LogP contribution in [-0.2, 0) is 9.53 Å². The second-order valence-electron chi connectivity index (χ2n) is 5.11. The molecule has 0 spiro atoms. The summed E-state index contributed by atoms with van der Waals surface area (Å²) in [5, 5.41) is 6.23. The lowest BCUT2D eigenvalue weighted by Gasteiger charge is -2.25. The van der Waals surface area contributed by atoms with E-state index in [0.717, 1.165) is 19.3 Å². The number of carbonyl (C=O) groups excluding carboxylic acids is 1. The Bertz CT molecular complexity index is 211. The van der Waals surface area contributed by atoms with E-state index in [4.69, 9.17) is 4.74 Å². The van der Waals surface area contributed by atoms with Gasteiger partial charge in [-0.3, -0.25) is 4.79 Å². The van der Waals surface area contributed by atoms with Gasteiger partial charge < -0.3 is 15.4 Å². The Kier molecular flexibility index (Phi) is 8.17. The van der Waals surface area contributed by atoms with Crippen LogP contribution in [0.5, 0.6) is 0 Å². The highest BCUT2D eigenvalue weighted by Crippen LogP contribution is 2.06. The van der Waals surface area contributed by atoms with Gasteiger partial charge in [0.1, 0.15) is 0 Å². The lowest BCUT2D eigenvalue weighted by molar-refractivity contribution is -0.122. The Hall–Kier alpha value is -0.610. The number of ether oxygens (including phenoxy) is 1. The maximum absolute atomic E-state index is 11.7. The molecule has 0 bridgehead atoms. The van der Waals surface area contributed by atoms with Crippen molar-refractivity contribution in [1.82, 2.24) is 10.6 Å². The molecule has 0 aromatic rings. The van der Waals surface area contributed by atoms with Crippen LogP contribution in [0.4, 0.5) is 0 Å². The number of amides is 1. The van der Waals surface area contributed by atoms with Gasteiger partial charge in [-0.25, -0.2) is 0 Å². The van der Waals surface area contributed by atoms with Crippen LogP contribution in [0.25, 0.3) is 0 Å². The van der Waals surface area contributed by atoms with Crippen molar-refractivity contribution >= 4 is 5.91 Å². The first-order chi connectivity index (χ1) is 7.95. The van der Waals surface area contributed by atoms with Crippen LogP contribution in [-0.4, -0.2) is 37.7 Å². The Morgan fingerprint density at radius 3 is 2.47 bits per heavy atom. The lowest BCUT2D eigenvalue weighted by Crippen LogP contribution is -2.48. The van der Waals surface area contributed by atoms with Crippen molar-refractivity contribution in [3.05, 3.63) is 0 Å².